The fourth-order valence-electron chi connectivity index (χ4n) is 2.88. The number of halogens is 1. The number of rotatable bonds is 8. The molecule has 1 unspecified atom stereocenters. The molecule has 4 nitrogen and oxygen atoms in total. The van der Waals surface area contributed by atoms with E-state index in [2.05, 4.69) is 12.2 Å². The summed E-state index contributed by atoms with van der Waals surface area (Å²) in [5, 5.41) is 3.62. The third-order valence-electron chi connectivity index (χ3n) is 4.80. The SMILES string of the molecule is Cc1ccc(OCC(C)NC(=O)c2cccc(OCc3ccccc3Cl)c2)cc1C. The number of carbonyl (C=O) groups excluding carboxylic acids is 1. The molecule has 3 rings (SSSR count). The number of ether oxygens (including phenoxy) is 2. The summed E-state index contributed by atoms with van der Waals surface area (Å²) < 4.78 is 11.6. The molecule has 5 heteroatoms. The minimum Gasteiger partial charge on any atom is -0.491 e. The number of amides is 1. The molecule has 0 fully saturated rings. The highest BCUT2D eigenvalue weighted by atomic mass is 35.5. The molecule has 156 valence electrons. The van der Waals surface area contributed by atoms with Crippen molar-refractivity contribution in [1.29, 1.82) is 0 Å². The van der Waals surface area contributed by atoms with E-state index in [0.717, 1.165) is 11.3 Å². The Balaban J connectivity index is 1.53. The van der Waals surface area contributed by atoms with Crippen LogP contribution in [0.25, 0.3) is 0 Å². The predicted octanol–water partition coefficient (Wildman–Crippen LogP) is 5.73. The molecule has 0 aromatic heterocycles. The summed E-state index contributed by atoms with van der Waals surface area (Å²) in [6.07, 6.45) is 0. The molecule has 30 heavy (non-hydrogen) atoms. The van der Waals surface area contributed by atoms with Gasteiger partial charge >= 0.3 is 0 Å². The number of benzene rings is 3. The van der Waals surface area contributed by atoms with E-state index in [0.29, 0.717) is 29.5 Å². The Morgan fingerprint density at radius 3 is 2.47 bits per heavy atom. The zero-order chi connectivity index (χ0) is 21.5. The molecule has 0 aliphatic carbocycles. The van der Waals surface area contributed by atoms with Crippen molar-refractivity contribution in [3.8, 4) is 11.5 Å². The molecule has 0 spiro atoms. The first-order valence-corrected chi connectivity index (χ1v) is 10.3. The largest absolute Gasteiger partial charge is 0.491 e. The molecule has 3 aromatic carbocycles. The van der Waals surface area contributed by atoms with Crippen molar-refractivity contribution < 1.29 is 14.3 Å². The summed E-state index contributed by atoms with van der Waals surface area (Å²) in [6, 6.07) is 20.5. The maximum absolute atomic E-state index is 12.6. The van der Waals surface area contributed by atoms with Gasteiger partial charge in [-0.15, -0.1) is 0 Å². The quantitative estimate of drug-likeness (QED) is 0.503. The molecule has 0 saturated heterocycles. The van der Waals surface area contributed by atoms with E-state index < -0.39 is 0 Å². The number of aryl methyl sites for hydroxylation is 2. The zero-order valence-corrected chi connectivity index (χ0v) is 18.2. The number of hydrogen-bond donors (Lipinski definition) is 1. The monoisotopic (exact) mass is 423 g/mol. The third-order valence-corrected chi connectivity index (χ3v) is 5.17. The van der Waals surface area contributed by atoms with Gasteiger partial charge in [0.2, 0.25) is 0 Å². The van der Waals surface area contributed by atoms with Gasteiger partial charge in [0, 0.05) is 16.1 Å². The second-order valence-electron chi connectivity index (χ2n) is 7.34. The van der Waals surface area contributed by atoms with Gasteiger partial charge < -0.3 is 14.8 Å². The summed E-state index contributed by atoms with van der Waals surface area (Å²) in [5.74, 6) is 1.24. The van der Waals surface area contributed by atoms with Crippen LogP contribution in [0.2, 0.25) is 5.02 Å². The summed E-state index contributed by atoms with van der Waals surface area (Å²) >= 11 is 6.16. The fourth-order valence-corrected chi connectivity index (χ4v) is 3.07. The van der Waals surface area contributed by atoms with E-state index >= 15 is 0 Å². The Morgan fingerprint density at radius 1 is 0.933 bits per heavy atom. The minimum atomic E-state index is -0.172. The number of nitrogens with one attached hydrogen (secondary N) is 1. The van der Waals surface area contributed by atoms with Gasteiger partial charge in [0.15, 0.2) is 0 Å². The third kappa shape index (κ3) is 6.01. The standard InChI is InChI=1S/C25H26ClNO3/c1-17-11-12-23(13-18(17)2)29-15-19(3)27-25(28)20-8-6-9-22(14-20)30-16-21-7-4-5-10-24(21)26/h4-14,19H,15-16H2,1-3H3,(H,27,28). The molecular formula is C25H26ClNO3. The highest BCUT2D eigenvalue weighted by Gasteiger charge is 2.12. The molecule has 0 radical (unpaired) electrons. The molecular weight excluding hydrogens is 398 g/mol. The first-order valence-electron chi connectivity index (χ1n) is 9.89. The van der Waals surface area contributed by atoms with Gasteiger partial charge in [-0.1, -0.05) is 41.9 Å². The second-order valence-corrected chi connectivity index (χ2v) is 7.75. The van der Waals surface area contributed by atoms with E-state index in [-0.39, 0.29) is 11.9 Å². The highest BCUT2D eigenvalue weighted by molar-refractivity contribution is 6.31. The van der Waals surface area contributed by atoms with Crippen molar-refractivity contribution in [3.63, 3.8) is 0 Å². The Bertz CT molecular complexity index is 1020. The molecule has 3 aromatic rings. The molecule has 0 saturated carbocycles. The van der Waals surface area contributed by atoms with E-state index in [1.807, 2.05) is 62.4 Å². The Morgan fingerprint density at radius 2 is 1.70 bits per heavy atom. The minimum absolute atomic E-state index is 0.146. The van der Waals surface area contributed by atoms with Gasteiger partial charge in [0.25, 0.3) is 5.91 Å². The Kier molecular flexibility index (Phi) is 7.36. The van der Waals surface area contributed by atoms with Gasteiger partial charge in [-0.3, -0.25) is 4.79 Å². The van der Waals surface area contributed by atoms with Crippen molar-refractivity contribution in [1.82, 2.24) is 5.32 Å². The van der Waals surface area contributed by atoms with Gasteiger partial charge in [-0.2, -0.15) is 0 Å². The highest BCUT2D eigenvalue weighted by Crippen LogP contribution is 2.20. The smallest absolute Gasteiger partial charge is 0.251 e. The molecule has 1 amide bonds. The molecule has 1 atom stereocenters. The van der Waals surface area contributed by atoms with Crippen LogP contribution < -0.4 is 14.8 Å². The zero-order valence-electron chi connectivity index (χ0n) is 17.4. The van der Waals surface area contributed by atoms with Crippen LogP contribution >= 0.6 is 11.6 Å². The lowest BCUT2D eigenvalue weighted by atomic mass is 10.1. The van der Waals surface area contributed by atoms with Crippen molar-refractivity contribution in [3.05, 3.63) is 94.0 Å². The average Bonchev–Trinajstić information content (AvgIpc) is 2.74. The van der Waals surface area contributed by atoms with Crippen molar-refractivity contribution in [2.24, 2.45) is 0 Å². The van der Waals surface area contributed by atoms with E-state index in [9.17, 15) is 4.79 Å². The van der Waals surface area contributed by atoms with Gasteiger partial charge in [0.05, 0.1) is 6.04 Å². The lowest BCUT2D eigenvalue weighted by Gasteiger charge is -2.16. The van der Waals surface area contributed by atoms with Crippen LogP contribution in [-0.4, -0.2) is 18.6 Å². The van der Waals surface area contributed by atoms with Crippen LogP contribution in [0.5, 0.6) is 11.5 Å². The van der Waals surface area contributed by atoms with Crippen LogP contribution in [0, 0.1) is 13.8 Å². The van der Waals surface area contributed by atoms with Crippen molar-refractivity contribution in [2.75, 3.05) is 6.61 Å². The summed E-state index contributed by atoms with van der Waals surface area (Å²) in [7, 11) is 0. The lowest BCUT2D eigenvalue weighted by Crippen LogP contribution is -2.36. The Hall–Kier alpha value is -2.98. The second kappa shape index (κ2) is 10.2. The first-order chi connectivity index (χ1) is 14.4. The van der Waals surface area contributed by atoms with E-state index in [1.165, 1.54) is 11.1 Å². The van der Waals surface area contributed by atoms with Crippen molar-refractivity contribution >= 4 is 17.5 Å². The molecule has 0 aliphatic rings. The number of carbonyl (C=O) groups is 1. The van der Waals surface area contributed by atoms with Gasteiger partial charge in [-0.05, 0) is 68.3 Å². The predicted molar refractivity (Wildman–Crippen MR) is 121 cm³/mol. The number of hydrogen-bond acceptors (Lipinski definition) is 3. The summed E-state index contributed by atoms with van der Waals surface area (Å²) in [5.41, 5.74) is 3.83. The fraction of sp³-hybridized carbons (Fsp3) is 0.240. The average molecular weight is 424 g/mol. The Labute approximate surface area is 182 Å². The topological polar surface area (TPSA) is 47.6 Å². The van der Waals surface area contributed by atoms with Crippen LogP contribution in [0.3, 0.4) is 0 Å². The van der Waals surface area contributed by atoms with E-state index in [4.69, 9.17) is 21.1 Å². The van der Waals surface area contributed by atoms with Crippen LogP contribution in [0.15, 0.2) is 66.7 Å². The maximum Gasteiger partial charge on any atom is 0.251 e. The maximum atomic E-state index is 12.6. The normalized spacial score (nSPS) is 11.6. The molecule has 0 aliphatic heterocycles. The summed E-state index contributed by atoms with van der Waals surface area (Å²) in [4.78, 5) is 12.6. The van der Waals surface area contributed by atoms with Crippen LogP contribution in [0.1, 0.15) is 34.0 Å². The first kappa shape index (κ1) is 21.7. The van der Waals surface area contributed by atoms with Crippen LogP contribution in [-0.2, 0) is 6.61 Å². The molecule has 0 heterocycles. The van der Waals surface area contributed by atoms with Crippen LogP contribution in [0.4, 0.5) is 0 Å². The van der Waals surface area contributed by atoms with Gasteiger partial charge in [-0.25, -0.2) is 0 Å². The van der Waals surface area contributed by atoms with Crippen molar-refractivity contribution in [2.45, 2.75) is 33.4 Å². The molecule has 1 N–H and O–H groups in total. The molecule has 0 bridgehead atoms. The lowest BCUT2D eigenvalue weighted by molar-refractivity contribution is 0.0926. The van der Waals surface area contributed by atoms with E-state index in [1.54, 1.807) is 18.2 Å². The van der Waals surface area contributed by atoms with Gasteiger partial charge in [0.1, 0.15) is 24.7 Å². The summed E-state index contributed by atoms with van der Waals surface area (Å²) in [6.45, 7) is 6.75.